The Labute approximate surface area is 202 Å². The molecular weight excluding hydrogens is 470 g/mol. The molecule has 0 aliphatic rings. The van der Waals surface area contributed by atoms with Crippen molar-refractivity contribution in [2.24, 2.45) is 14.1 Å². The first-order valence-electron chi connectivity index (χ1n) is 10.7. The largest absolute Gasteiger partial charge is 0.462 e. The Hall–Kier alpha value is -4.25. The van der Waals surface area contributed by atoms with Gasteiger partial charge in [0.15, 0.2) is 11.4 Å². The van der Waals surface area contributed by atoms with Crippen LogP contribution in [0.15, 0.2) is 56.7 Å². The van der Waals surface area contributed by atoms with Crippen LogP contribution in [-0.2, 0) is 24.6 Å². The lowest BCUT2D eigenvalue weighted by Crippen LogP contribution is -2.38. The first kappa shape index (κ1) is 23.9. The summed E-state index contributed by atoms with van der Waals surface area (Å²) in [5.41, 5.74) is 6.53. The van der Waals surface area contributed by atoms with E-state index in [0.29, 0.717) is 22.6 Å². The van der Waals surface area contributed by atoms with Crippen molar-refractivity contribution in [3.63, 3.8) is 0 Å². The molecule has 4 aromatic rings. The minimum Gasteiger partial charge on any atom is -0.462 e. The smallest absolute Gasteiger partial charge is 0.338 e. The summed E-state index contributed by atoms with van der Waals surface area (Å²) in [6.07, 6.45) is 0. The molecule has 0 saturated carbocycles. The van der Waals surface area contributed by atoms with Crippen LogP contribution in [0.25, 0.3) is 11.0 Å². The summed E-state index contributed by atoms with van der Waals surface area (Å²) in [7, 11) is 2.52. The van der Waals surface area contributed by atoms with Gasteiger partial charge in [-0.2, -0.15) is 0 Å². The number of nitrogens with one attached hydrogen (secondary N) is 1. The van der Waals surface area contributed by atoms with Gasteiger partial charge in [0, 0.05) is 25.3 Å². The van der Waals surface area contributed by atoms with E-state index in [0.717, 1.165) is 4.57 Å². The number of amides is 1. The number of pyridine rings is 1. The van der Waals surface area contributed by atoms with Crippen LogP contribution >= 0.6 is 10.5 Å². The number of aryl methyl sites for hydroxylation is 1. The van der Waals surface area contributed by atoms with E-state index in [2.05, 4.69) is 10.3 Å². The third kappa shape index (κ3) is 4.45. The van der Waals surface area contributed by atoms with Crippen LogP contribution in [0.3, 0.4) is 0 Å². The molecule has 0 radical (unpaired) electrons. The molecule has 3 N–H and O–H groups in total. The SMILES string of the molecule is CCOC(=O)c1ccc(NC(=O)c2c(N)nc3c(c2C[s+]2cccc2)c(=O)n(C)c(=O)n3C)cc1. The van der Waals surface area contributed by atoms with E-state index in [1.165, 1.54) is 30.8 Å². The number of hydrogen-bond acceptors (Lipinski definition) is 7. The number of nitrogen functional groups attached to an aromatic ring is 1. The van der Waals surface area contributed by atoms with Gasteiger partial charge in [0.05, 0.1) is 23.1 Å². The van der Waals surface area contributed by atoms with Crippen molar-refractivity contribution in [2.75, 3.05) is 17.7 Å². The number of hydrogen-bond donors (Lipinski definition) is 2. The number of nitrogens with two attached hydrogens (primary N) is 1. The number of rotatable bonds is 6. The van der Waals surface area contributed by atoms with E-state index in [9.17, 15) is 19.2 Å². The third-order valence-electron chi connectivity index (χ3n) is 5.53. The molecule has 0 fully saturated rings. The average Bonchev–Trinajstić information content (AvgIpc) is 3.35. The van der Waals surface area contributed by atoms with Crippen molar-refractivity contribution in [1.29, 1.82) is 0 Å². The molecular formula is C24H24N5O5S+. The first-order valence-corrected chi connectivity index (χ1v) is 12.2. The number of carbonyl (C=O) groups is 2. The molecule has 0 bridgehead atoms. The number of thiophene rings is 1. The van der Waals surface area contributed by atoms with Crippen molar-refractivity contribution in [3.8, 4) is 0 Å². The summed E-state index contributed by atoms with van der Waals surface area (Å²) in [5.74, 6) is -0.765. The van der Waals surface area contributed by atoms with Gasteiger partial charge in [-0.05, 0) is 53.8 Å². The average molecular weight is 495 g/mol. The summed E-state index contributed by atoms with van der Waals surface area (Å²) in [6.45, 7) is 1.97. The van der Waals surface area contributed by atoms with Gasteiger partial charge in [0.25, 0.3) is 11.5 Å². The van der Waals surface area contributed by atoms with Gasteiger partial charge < -0.3 is 15.8 Å². The molecule has 1 aromatic carbocycles. The van der Waals surface area contributed by atoms with E-state index in [1.807, 2.05) is 22.9 Å². The minimum absolute atomic E-state index is 0.0731. The fraction of sp³-hybridized carbons (Fsp3) is 0.208. The highest BCUT2D eigenvalue weighted by atomic mass is 32.2. The van der Waals surface area contributed by atoms with E-state index in [4.69, 9.17) is 10.5 Å². The van der Waals surface area contributed by atoms with Crippen molar-refractivity contribution < 1.29 is 14.3 Å². The molecule has 180 valence electrons. The zero-order chi connectivity index (χ0) is 25.3. The van der Waals surface area contributed by atoms with Crippen molar-refractivity contribution in [2.45, 2.75) is 12.7 Å². The van der Waals surface area contributed by atoms with E-state index < -0.39 is 23.1 Å². The molecule has 1 amide bonds. The summed E-state index contributed by atoms with van der Waals surface area (Å²) >= 11 is 0. The van der Waals surface area contributed by atoms with Crippen LogP contribution in [0.2, 0.25) is 0 Å². The summed E-state index contributed by atoms with van der Waals surface area (Å²) in [5, 5.41) is 6.89. The van der Waals surface area contributed by atoms with Gasteiger partial charge in [0.2, 0.25) is 0 Å². The molecule has 3 heterocycles. The second kappa shape index (κ2) is 9.55. The lowest BCUT2D eigenvalue weighted by molar-refractivity contribution is 0.0526. The normalized spacial score (nSPS) is 10.9. The first-order chi connectivity index (χ1) is 16.7. The Bertz CT molecular complexity index is 1550. The molecule has 10 nitrogen and oxygen atoms in total. The molecule has 0 spiro atoms. The summed E-state index contributed by atoms with van der Waals surface area (Å²) < 4.78 is 7.21. The highest BCUT2D eigenvalue weighted by Crippen LogP contribution is 2.31. The fourth-order valence-electron chi connectivity index (χ4n) is 3.77. The second-order valence-electron chi connectivity index (χ2n) is 7.78. The molecule has 35 heavy (non-hydrogen) atoms. The molecule has 3 aromatic heterocycles. The lowest BCUT2D eigenvalue weighted by Gasteiger charge is -2.15. The maximum Gasteiger partial charge on any atom is 0.338 e. The van der Waals surface area contributed by atoms with Gasteiger partial charge in [-0.15, -0.1) is 0 Å². The Balaban J connectivity index is 1.84. The standard InChI is InChI=1S/C24H23N5O5S/c1-4-34-23(32)14-7-9-15(10-8-14)26-21(30)17-16(13-35-11-5-6-12-35)18-20(27-19(17)25)28(2)24(33)29(3)22(18)31/h5-12H,4,13H2,1-3H3,(H2-,25,26,27,30,31,32)/p+1. The maximum atomic E-state index is 13.4. The fourth-order valence-corrected chi connectivity index (χ4v) is 5.26. The monoisotopic (exact) mass is 494 g/mol. The van der Waals surface area contributed by atoms with Crippen molar-refractivity contribution in [1.82, 2.24) is 14.1 Å². The number of ether oxygens (including phenoxy) is 1. The molecule has 4 rings (SSSR count). The summed E-state index contributed by atoms with van der Waals surface area (Å²) in [4.78, 5) is 55.2. The number of esters is 1. The number of fused-ring (bicyclic) bond motifs is 1. The van der Waals surface area contributed by atoms with Gasteiger partial charge >= 0.3 is 11.7 Å². The number of aromatic nitrogens is 3. The predicted molar refractivity (Wildman–Crippen MR) is 135 cm³/mol. The zero-order valence-corrected chi connectivity index (χ0v) is 20.2. The molecule has 0 atom stereocenters. The molecule has 0 unspecified atom stereocenters. The third-order valence-corrected chi connectivity index (χ3v) is 7.16. The molecule has 11 heteroatoms. The van der Waals surface area contributed by atoms with Crippen LogP contribution in [0.5, 0.6) is 0 Å². The number of carbonyl (C=O) groups excluding carboxylic acids is 2. The highest BCUT2D eigenvalue weighted by Gasteiger charge is 2.27. The van der Waals surface area contributed by atoms with Crippen LogP contribution in [0.4, 0.5) is 11.5 Å². The zero-order valence-electron chi connectivity index (χ0n) is 19.4. The lowest BCUT2D eigenvalue weighted by atomic mass is 10.1. The van der Waals surface area contributed by atoms with Crippen molar-refractivity contribution in [3.05, 3.63) is 84.7 Å². The number of benzene rings is 1. The molecule has 0 saturated heterocycles. The Kier molecular flexibility index (Phi) is 6.52. The quantitative estimate of drug-likeness (QED) is 0.310. The van der Waals surface area contributed by atoms with Crippen molar-refractivity contribution >= 4 is 44.9 Å². The van der Waals surface area contributed by atoms with Crippen LogP contribution in [0.1, 0.15) is 33.2 Å². The maximum absolute atomic E-state index is 13.4. The Morgan fingerprint density at radius 1 is 1.09 bits per heavy atom. The van der Waals surface area contributed by atoms with Crippen LogP contribution < -0.4 is 22.3 Å². The van der Waals surface area contributed by atoms with E-state index >= 15 is 0 Å². The second-order valence-corrected chi connectivity index (χ2v) is 9.55. The van der Waals surface area contributed by atoms with E-state index in [1.54, 1.807) is 19.1 Å². The van der Waals surface area contributed by atoms with Crippen LogP contribution in [0, 0.1) is 0 Å². The van der Waals surface area contributed by atoms with Gasteiger partial charge in [-0.25, -0.2) is 14.6 Å². The number of anilines is 2. The molecule has 0 aliphatic heterocycles. The molecule has 0 aliphatic carbocycles. The Morgan fingerprint density at radius 3 is 2.37 bits per heavy atom. The van der Waals surface area contributed by atoms with Gasteiger partial charge in [-0.1, -0.05) is 0 Å². The Morgan fingerprint density at radius 2 is 1.74 bits per heavy atom. The topological polar surface area (TPSA) is 138 Å². The van der Waals surface area contributed by atoms with Gasteiger partial charge in [0.1, 0.15) is 16.6 Å². The number of nitrogens with zero attached hydrogens (tertiary/aromatic N) is 3. The van der Waals surface area contributed by atoms with Gasteiger partial charge in [-0.3, -0.25) is 18.7 Å². The predicted octanol–water partition coefficient (Wildman–Crippen LogP) is 2.44. The van der Waals surface area contributed by atoms with Crippen LogP contribution in [-0.4, -0.2) is 32.6 Å². The highest BCUT2D eigenvalue weighted by molar-refractivity contribution is 7.27. The van der Waals surface area contributed by atoms with E-state index in [-0.39, 0.29) is 39.5 Å². The summed E-state index contributed by atoms with van der Waals surface area (Å²) in [6, 6.07) is 10.0. The minimum atomic E-state index is -0.553.